The number of halogens is 3. The monoisotopic (exact) mass is 390 g/mol. The molecule has 8 nitrogen and oxygen atoms in total. The molecule has 1 aliphatic heterocycles. The third-order valence-corrected chi connectivity index (χ3v) is 4.41. The fraction of sp³-hybridized carbons (Fsp3) is 0.353. The van der Waals surface area contributed by atoms with Gasteiger partial charge in [-0.1, -0.05) is 0 Å². The summed E-state index contributed by atoms with van der Waals surface area (Å²) >= 11 is 0. The van der Waals surface area contributed by atoms with Gasteiger partial charge in [-0.05, 0) is 31.2 Å². The van der Waals surface area contributed by atoms with Crippen LogP contribution in [0.2, 0.25) is 0 Å². The van der Waals surface area contributed by atoms with Gasteiger partial charge in [-0.15, -0.1) is 10.2 Å². The average molecular weight is 390 g/mol. The van der Waals surface area contributed by atoms with Crippen LogP contribution in [0.5, 0.6) is 0 Å². The molecule has 0 radical (unpaired) electrons. The Morgan fingerprint density at radius 3 is 2.18 bits per heavy atom. The van der Waals surface area contributed by atoms with Crippen molar-refractivity contribution in [3.05, 3.63) is 48.0 Å². The van der Waals surface area contributed by atoms with E-state index in [1.54, 1.807) is 9.58 Å². The Hall–Kier alpha value is -3.24. The Morgan fingerprint density at radius 1 is 0.893 bits per heavy atom. The largest absolute Gasteiger partial charge is 0.433 e. The zero-order valence-corrected chi connectivity index (χ0v) is 15.0. The van der Waals surface area contributed by atoms with Gasteiger partial charge in [-0.25, -0.2) is 14.6 Å². The number of piperazine rings is 1. The van der Waals surface area contributed by atoms with Crippen molar-refractivity contribution in [2.45, 2.75) is 13.1 Å². The van der Waals surface area contributed by atoms with Crippen LogP contribution in [0.3, 0.4) is 0 Å². The molecule has 11 heteroatoms. The van der Waals surface area contributed by atoms with Crippen molar-refractivity contribution in [3.63, 3.8) is 0 Å². The first kappa shape index (κ1) is 18.1. The Morgan fingerprint density at radius 2 is 1.57 bits per heavy atom. The molecular weight excluding hydrogens is 373 g/mol. The summed E-state index contributed by atoms with van der Waals surface area (Å²) in [5, 5.41) is 12.7. The van der Waals surface area contributed by atoms with Gasteiger partial charge < -0.3 is 9.80 Å². The summed E-state index contributed by atoms with van der Waals surface area (Å²) in [4.78, 5) is 11.4. The highest BCUT2D eigenvalue weighted by Gasteiger charge is 2.33. The molecule has 0 saturated carbocycles. The number of hydrogen-bond donors (Lipinski definition) is 0. The standard InChI is InChI=1S/C17H17F3N8/c1-12-5-7-28(25-12)15-3-2-14(23-24-15)26-8-10-27(11-9-26)16-21-6-4-13(22-16)17(18,19)20/h2-7H,8-11H2,1H3. The normalized spacial score (nSPS) is 15.1. The van der Waals surface area contributed by atoms with Crippen molar-refractivity contribution >= 4 is 11.8 Å². The summed E-state index contributed by atoms with van der Waals surface area (Å²) in [6.07, 6.45) is -1.53. The molecular formula is C17H17F3N8. The maximum atomic E-state index is 12.8. The zero-order chi connectivity index (χ0) is 19.7. The van der Waals surface area contributed by atoms with Crippen LogP contribution in [0, 0.1) is 6.92 Å². The van der Waals surface area contributed by atoms with Gasteiger partial charge in [-0.3, -0.25) is 0 Å². The Bertz CT molecular complexity index is 946. The molecule has 1 aliphatic rings. The van der Waals surface area contributed by atoms with Gasteiger partial charge >= 0.3 is 6.18 Å². The number of aromatic nitrogens is 6. The van der Waals surface area contributed by atoms with Gasteiger partial charge in [0.25, 0.3) is 0 Å². The second-order valence-corrected chi connectivity index (χ2v) is 6.37. The van der Waals surface area contributed by atoms with Gasteiger partial charge in [0.15, 0.2) is 11.6 Å². The van der Waals surface area contributed by atoms with Gasteiger partial charge in [0.2, 0.25) is 5.95 Å². The lowest BCUT2D eigenvalue weighted by Crippen LogP contribution is -2.47. The van der Waals surface area contributed by atoms with E-state index < -0.39 is 11.9 Å². The summed E-state index contributed by atoms with van der Waals surface area (Å²) in [6.45, 7) is 4.03. The first-order valence-electron chi connectivity index (χ1n) is 8.67. The minimum atomic E-state index is -4.48. The highest BCUT2D eigenvalue weighted by molar-refractivity contribution is 5.43. The second kappa shape index (κ2) is 7.06. The van der Waals surface area contributed by atoms with Crippen LogP contribution in [0.15, 0.2) is 36.7 Å². The van der Waals surface area contributed by atoms with Crippen LogP contribution in [-0.2, 0) is 6.18 Å². The Kier molecular flexibility index (Phi) is 4.57. The molecule has 0 amide bonds. The van der Waals surface area contributed by atoms with E-state index in [9.17, 15) is 13.2 Å². The number of aryl methyl sites for hydroxylation is 1. The van der Waals surface area contributed by atoms with Crippen LogP contribution in [0.25, 0.3) is 5.82 Å². The first-order valence-corrected chi connectivity index (χ1v) is 8.67. The maximum Gasteiger partial charge on any atom is 0.433 e. The van der Waals surface area contributed by atoms with Crippen LogP contribution in [0.4, 0.5) is 24.9 Å². The molecule has 0 aliphatic carbocycles. The summed E-state index contributed by atoms with van der Waals surface area (Å²) in [5.74, 6) is 1.41. The lowest BCUT2D eigenvalue weighted by Gasteiger charge is -2.35. The molecule has 0 aromatic carbocycles. The van der Waals surface area contributed by atoms with Crippen LogP contribution >= 0.6 is 0 Å². The fourth-order valence-corrected chi connectivity index (χ4v) is 2.95. The maximum absolute atomic E-state index is 12.8. The molecule has 1 fully saturated rings. The molecule has 3 aromatic rings. The van der Waals surface area contributed by atoms with Gasteiger partial charge in [0.1, 0.15) is 5.69 Å². The number of rotatable bonds is 3. The van der Waals surface area contributed by atoms with Crippen LogP contribution in [-0.4, -0.2) is 56.1 Å². The van der Waals surface area contributed by atoms with Crippen molar-refractivity contribution in [2.24, 2.45) is 0 Å². The van der Waals surface area contributed by atoms with Crippen molar-refractivity contribution in [2.75, 3.05) is 36.0 Å². The van der Waals surface area contributed by atoms with E-state index in [1.165, 1.54) is 0 Å². The van der Waals surface area contributed by atoms with E-state index >= 15 is 0 Å². The minimum absolute atomic E-state index is 0.0879. The van der Waals surface area contributed by atoms with Crippen molar-refractivity contribution in [1.82, 2.24) is 29.9 Å². The van der Waals surface area contributed by atoms with E-state index in [4.69, 9.17) is 0 Å². The predicted octanol–water partition coefficient (Wildman–Crippen LogP) is 2.11. The van der Waals surface area contributed by atoms with E-state index in [0.717, 1.165) is 18.0 Å². The molecule has 0 atom stereocenters. The molecule has 4 heterocycles. The zero-order valence-electron chi connectivity index (χ0n) is 15.0. The van der Waals surface area contributed by atoms with E-state index in [-0.39, 0.29) is 5.95 Å². The molecule has 3 aromatic heterocycles. The number of nitrogens with zero attached hydrogens (tertiary/aromatic N) is 8. The van der Waals surface area contributed by atoms with Crippen molar-refractivity contribution in [3.8, 4) is 5.82 Å². The summed E-state index contributed by atoms with van der Waals surface area (Å²) in [7, 11) is 0. The molecule has 4 rings (SSSR count). The molecule has 0 spiro atoms. The first-order chi connectivity index (χ1) is 13.4. The van der Waals surface area contributed by atoms with Gasteiger partial charge in [0, 0.05) is 38.6 Å². The SMILES string of the molecule is Cc1ccn(-c2ccc(N3CCN(c4nccc(C(F)(F)F)n4)CC3)nn2)n1. The van der Waals surface area contributed by atoms with E-state index in [2.05, 4.69) is 25.3 Å². The molecule has 0 N–H and O–H groups in total. The van der Waals surface area contributed by atoms with Crippen molar-refractivity contribution < 1.29 is 13.2 Å². The van der Waals surface area contributed by atoms with Crippen LogP contribution < -0.4 is 9.80 Å². The lowest BCUT2D eigenvalue weighted by molar-refractivity contribution is -0.141. The molecule has 28 heavy (non-hydrogen) atoms. The smallest absolute Gasteiger partial charge is 0.352 e. The average Bonchev–Trinajstić information content (AvgIpc) is 3.14. The Balaban J connectivity index is 1.42. The highest BCUT2D eigenvalue weighted by atomic mass is 19.4. The van der Waals surface area contributed by atoms with Gasteiger partial charge in [-0.2, -0.15) is 18.3 Å². The summed E-state index contributed by atoms with van der Waals surface area (Å²) in [6, 6.07) is 6.44. The topological polar surface area (TPSA) is 75.9 Å². The number of alkyl halides is 3. The molecule has 1 saturated heterocycles. The molecule has 0 bridgehead atoms. The van der Waals surface area contributed by atoms with Crippen LogP contribution in [0.1, 0.15) is 11.4 Å². The van der Waals surface area contributed by atoms with Gasteiger partial charge in [0.05, 0.1) is 5.69 Å². The lowest BCUT2D eigenvalue weighted by atomic mass is 10.3. The summed E-state index contributed by atoms with van der Waals surface area (Å²) in [5.41, 5.74) is -0.0472. The third kappa shape index (κ3) is 3.73. The number of anilines is 2. The Labute approximate surface area is 158 Å². The fourth-order valence-electron chi connectivity index (χ4n) is 2.95. The van der Waals surface area contributed by atoms with E-state index in [1.807, 2.05) is 36.2 Å². The minimum Gasteiger partial charge on any atom is -0.352 e. The molecule has 146 valence electrons. The van der Waals surface area contributed by atoms with E-state index in [0.29, 0.717) is 37.8 Å². The summed E-state index contributed by atoms with van der Waals surface area (Å²) < 4.78 is 40.2. The number of hydrogen-bond acceptors (Lipinski definition) is 7. The van der Waals surface area contributed by atoms with Crippen molar-refractivity contribution in [1.29, 1.82) is 0 Å². The second-order valence-electron chi connectivity index (χ2n) is 6.37. The quantitative estimate of drug-likeness (QED) is 0.678. The molecule has 0 unspecified atom stereocenters. The highest BCUT2D eigenvalue weighted by Crippen LogP contribution is 2.28. The predicted molar refractivity (Wildman–Crippen MR) is 95.4 cm³/mol. The third-order valence-electron chi connectivity index (χ3n) is 4.41.